The van der Waals surface area contributed by atoms with Crippen LogP contribution in [0.25, 0.3) is 0 Å². The van der Waals surface area contributed by atoms with E-state index < -0.39 is 23.5 Å². The van der Waals surface area contributed by atoms with E-state index in [0.717, 1.165) is 51.4 Å². The summed E-state index contributed by atoms with van der Waals surface area (Å²) >= 11 is 0. The van der Waals surface area contributed by atoms with Crippen LogP contribution >= 0.6 is 0 Å². The van der Waals surface area contributed by atoms with Crippen LogP contribution in [0.4, 0.5) is 13.2 Å². The molecule has 3 nitrogen and oxygen atoms in total. The third-order valence-corrected chi connectivity index (χ3v) is 7.13. The van der Waals surface area contributed by atoms with Gasteiger partial charge in [-0.15, -0.1) is 0 Å². The number of hydrogen-bond acceptors (Lipinski definition) is 3. The van der Waals surface area contributed by atoms with Gasteiger partial charge in [0, 0.05) is 0 Å². The molecule has 6 heteroatoms. The van der Waals surface area contributed by atoms with Crippen LogP contribution in [-0.4, -0.2) is 18.7 Å². The zero-order chi connectivity index (χ0) is 23.8. The first-order valence-electron chi connectivity index (χ1n) is 12.6. The molecule has 1 aliphatic heterocycles. The van der Waals surface area contributed by atoms with Gasteiger partial charge in [-0.1, -0.05) is 32.8 Å². The van der Waals surface area contributed by atoms with Crippen molar-refractivity contribution >= 4 is 5.97 Å². The third-order valence-electron chi connectivity index (χ3n) is 7.13. The number of esters is 1. The summed E-state index contributed by atoms with van der Waals surface area (Å²) in [6.07, 6.45) is 10.8. The lowest BCUT2D eigenvalue weighted by Crippen LogP contribution is -2.37. The van der Waals surface area contributed by atoms with Gasteiger partial charge in [0.25, 0.3) is 0 Å². The molecule has 1 heterocycles. The van der Waals surface area contributed by atoms with Crippen molar-refractivity contribution in [1.29, 1.82) is 0 Å². The fraction of sp³-hybridized carbons (Fsp3) is 0.667. The van der Waals surface area contributed by atoms with Crippen LogP contribution in [0.3, 0.4) is 0 Å². The van der Waals surface area contributed by atoms with Gasteiger partial charge in [0.2, 0.25) is 5.82 Å². The first-order chi connectivity index (χ1) is 15.9. The summed E-state index contributed by atoms with van der Waals surface area (Å²) in [5, 5.41) is 0. The number of aryl methyl sites for hydroxylation is 1. The van der Waals surface area contributed by atoms with E-state index >= 15 is 0 Å². The van der Waals surface area contributed by atoms with Gasteiger partial charge in [0.15, 0.2) is 11.6 Å². The maximum atomic E-state index is 14.4. The molecule has 2 aliphatic rings. The quantitative estimate of drug-likeness (QED) is 0.215. The van der Waals surface area contributed by atoms with Crippen molar-refractivity contribution in [3.63, 3.8) is 0 Å². The maximum Gasteiger partial charge on any atom is 0.316 e. The second kappa shape index (κ2) is 12.6. The molecule has 1 aromatic carbocycles. The van der Waals surface area contributed by atoms with Gasteiger partial charge in [0.1, 0.15) is 0 Å². The maximum absolute atomic E-state index is 14.4. The summed E-state index contributed by atoms with van der Waals surface area (Å²) in [6.45, 7) is 4.10. The van der Waals surface area contributed by atoms with Crippen LogP contribution in [0.2, 0.25) is 0 Å². The Morgan fingerprint density at radius 2 is 1.82 bits per heavy atom. The monoisotopic (exact) mass is 466 g/mol. The summed E-state index contributed by atoms with van der Waals surface area (Å²) in [7, 11) is 0. The Bertz CT molecular complexity index is 807. The molecular weight excluding hydrogens is 429 g/mol. The van der Waals surface area contributed by atoms with Crippen molar-refractivity contribution in [1.82, 2.24) is 0 Å². The lowest BCUT2D eigenvalue weighted by Gasteiger charge is -2.36. The average Bonchev–Trinajstić information content (AvgIpc) is 2.84. The minimum Gasteiger partial charge on any atom is -0.423 e. The van der Waals surface area contributed by atoms with Gasteiger partial charge in [-0.2, -0.15) is 4.39 Å². The van der Waals surface area contributed by atoms with E-state index in [1.807, 2.05) is 6.92 Å². The van der Waals surface area contributed by atoms with Gasteiger partial charge < -0.3 is 9.47 Å². The molecule has 2 unspecified atom stereocenters. The molecule has 2 fully saturated rings. The van der Waals surface area contributed by atoms with E-state index in [1.165, 1.54) is 12.1 Å². The Morgan fingerprint density at radius 1 is 1.06 bits per heavy atom. The first kappa shape index (κ1) is 25.8. The third kappa shape index (κ3) is 7.08. The highest BCUT2D eigenvalue weighted by Gasteiger charge is 2.34. The summed E-state index contributed by atoms with van der Waals surface area (Å²) in [5.74, 6) is -2.75. The number of halogens is 3. The number of rotatable bonds is 9. The molecule has 1 aromatic rings. The van der Waals surface area contributed by atoms with Gasteiger partial charge in [-0.25, -0.2) is 8.78 Å². The Labute approximate surface area is 195 Å². The number of allylic oxidation sites excluding steroid dienone is 2. The number of benzene rings is 1. The predicted molar refractivity (Wildman–Crippen MR) is 123 cm³/mol. The smallest absolute Gasteiger partial charge is 0.316 e. The first-order valence-corrected chi connectivity index (χ1v) is 12.6. The summed E-state index contributed by atoms with van der Waals surface area (Å²) in [4.78, 5) is 12.6. The number of unbranched alkanes of at least 4 members (excludes halogenated alkanes) is 2. The SMILES string of the molecule is CCCCCc1ccc(OC(=O)C2CCC(C3CCC(C=C(F)CC)CC3)OC2)c(F)c1F. The van der Waals surface area contributed by atoms with E-state index in [1.54, 1.807) is 6.08 Å². The molecule has 1 aliphatic carbocycles. The highest BCUT2D eigenvalue weighted by atomic mass is 19.2. The van der Waals surface area contributed by atoms with Gasteiger partial charge in [-0.05, 0) is 87.3 Å². The number of ether oxygens (including phenoxy) is 2. The molecule has 33 heavy (non-hydrogen) atoms. The lowest BCUT2D eigenvalue weighted by molar-refractivity contribution is -0.147. The van der Waals surface area contributed by atoms with Gasteiger partial charge >= 0.3 is 5.97 Å². The van der Waals surface area contributed by atoms with Crippen LogP contribution in [0.15, 0.2) is 24.0 Å². The van der Waals surface area contributed by atoms with Crippen LogP contribution in [0, 0.1) is 29.4 Å². The second-order valence-electron chi connectivity index (χ2n) is 9.52. The molecule has 2 atom stereocenters. The molecule has 0 amide bonds. The van der Waals surface area contributed by atoms with Crippen molar-refractivity contribution in [3.05, 3.63) is 41.2 Å². The Morgan fingerprint density at radius 3 is 2.45 bits per heavy atom. The molecule has 1 saturated carbocycles. The Hall–Kier alpha value is -1.82. The molecule has 0 spiro atoms. The number of hydrogen-bond donors (Lipinski definition) is 0. The average molecular weight is 467 g/mol. The van der Waals surface area contributed by atoms with Crippen molar-refractivity contribution in [2.24, 2.45) is 17.8 Å². The highest BCUT2D eigenvalue weighted by molar-refractivity contribution is 5.75. The largest absolute Gasteiger partial charge is 0.423 e. The van der Waals surface area contributed by atoms with Crippen molar-refractivity contribution in [2.75, 3.05) is 6.61 Å². The number of carbonyl (C=O) groups is 1. The van der Waals surface area contributed by atoms with Crippen LogP contribution in [-0.2, 0) is 16.0 Å². The van der Waals surface area contributed by atoms with E-state index in [4.69, 9.17) is 9.47 Å². The highest BCUT2D eigenvalue weighted by Crippen LogP contribution is 2.37. The summed E-state index contributed by atoms with van der Waals surface area (Å²) in [6, 6.07) is 2.85. The lowest BCUT2D eigenvalue weighted by atomic mass is 9.77. The zero-order valence-electron chi connectivity index (χ0n) is 19.9. The molecule has 0 radical (unpaired) electrons. The van der Waals surface area contributed by atoms with Crippen molar-refractivity contribution in [3.8, 4) is 5.75 Å². The van der Waals surface area contributed by atoms with Crippen molar-refractivity contribution < 1.29 is 27.4 Å². The fourth-order valence-electron chi connectivity index (χ4n) is 4.99. The van der Waals surface area contributed by atoms with Crippen LogP contribution in [0.5, 0.6) is 5.75 Å². The fourth-order valence-corrected chi connectivity index (χ4v) is 4.99. The van der Waals surface area contributed by atoms with E-state index in [-0.39, 0.29) is 24.3 Å². The van der Waals surface area contributed by atoms with E-state index in [9.17, 15) is 18.0 Å². The Kier molecular flexibility index (Phi) is 9.84. The molecule has 1 saturated heterocycles. The van der Waals surface area contributed by atoms with Gasteiger partial charge in [-0.3, -0.25) is 4.79 Å². The van der Waals surface area contributed by atoms with Gasteiger partial charge in [0.05, 0.1) is 24.5 Å². The minimum absolute atomic E-state index is 0.0313. The normalized spacial score (nSPS) is 26.3. The van der Waals surface area contributed by atoms with E-state index in [2.05, 4.69) is 6.92 Å². The van der Waals surface area contributed by atoms with Crippen LogP contribution in [0.1, 0.15) is 83.6 Å². The molecule has 0 N–H and O–H groups in total. The summed E-state index contributed by atoms with van der Waals surface area (Å²) < 4.78 is 53.5. The number of carbonyl (C=O) groups excluding carboxylic acids is 1. The molecule has 0 bridgehead atoms. The molecule has 184 valence electrons. The molecule has 3 rings (SSSR count). The standard InChI is InChI=1S/C27H37F3O3/c1-3-5-6-7-20-12-15-24(26(30)25(20)29)33-27(31)21-13-14-23(32-17-21)19-10-8-18(9-11-19)16-22(28)4-2/h12,15-16,18-19,21,23H,3-11,13-14,17H2,1-2H3. The minimum atomic E-state index is -1.10. The molecule has 0 aromatic heterocycles. The van der Waals surface area contributed by atoms with Crippen LogP contribution < -0.4 is 4.74 Å². The van der Waals surface area contributed by atoms with Crippen molar-refractivity contribution in [2.45, 2.75) is 90.6 Å². The second-order valence-corrected chi connectivity index (χ2v) is 9.52. The molecular formula is C27H37F3O3. The Balaban J connectivity index is 1.47. The van der Waals surface area contributed by atoms with E-state index in [0.29, 0.717) is 36.7 Å². The topological polar surface area (TPSA) is 35.5 Å². The predicted octanol–water partition coefficient (Wildman–Crippen LogP) is 7.47. The zero-order valence-corrected chi connectivity index (χ0v) is 19.9. The summed E-state index contributed by atoms with van der Waals surface area (Å²) in [5.41, 5.74) is 0.312.